The summed E-state index contributed by atoms with van der Waals surface area (Å²) in [7, 11) is 0. The van der Waals surface area contributed by atoms with Gasteiger partial charge in [-0.1, -0.05) is 6.92 Å². The van der Waals surface area contributed by atoms with Crippen LogP contribution in [0.2, 0.25) is 0 Å². The summed E-state index contributed by atoms with van der Waals surface area (Å²) in [5.41, 5.74) is 0. The van der Waals surface area contributed by atoms with Gasteiger partial charge in [-0.3, -0.25) is 9.80 Å². The predicted molar refractivity (Wildman–Crippen MR) is 46.4 cm³/mol. The summed E-state index contributed by atoms with van der Waals surface area (Å²) in [5.74, 6) is 0. The van der Waals surface area contributed by atoms with Gasteiger partial charge in [-0.15, -0.1) is 0 Å². The lowest BCUT2D eigenvalue weighted by molar-refractivity contribution is 0.00497. The van der Waals surface area contributed by atoms with Crippen LogP contribution in [0.4, 0.5) is 0 Å². The van der Waals surface area contributed by atoms with Crippen LogP contribution in [-0.2, 0) is 0 Å². The van der Waals surface area contributed by atoms with E-state index in [0.29, 0.717) is 0 Å². The SMILES string of the molecule is CCN1CC2CC1N2C(C)C. The molecule has 2 atom stereocenters. The minimum Gasteiger partial charge on any atom is -0.287 e. The van der Waals surface area contributed by atoms with Crippen molar-refractivity contribution in [1.82, 2.24) is 9.80 Å². The topological polar surface area (TPSA) is 6.48 Å². The maximum absolute atomic E-state index is 2.64. The molecule has 3 aliphatic heterocycles. The second-order valence-corrected chi connectivity index (χ2v) is 4.00. The van der Waals surface area contributed by atoms with Crippen LogP contribution in [0.5, 0.6) is 0 Å². The molecule has 0 aliphatic carbocycles. The van der Waals surface area contributed by atoms with Gasteiger partial charge < -0.3 is 0 Å². The number of hydrogen-bond acceptors (Lipinski definition) is 2. The minimum atomic E-state index is 0.746. The van der Waals surface area contributed by atoms with Crippen molar-refractivity contribution in [1.29, 1.82) is 0 Å². The van der Waals surface area contributed by atoms with Gasteiger partial charge >= 0.3 is 0 Å². The van der Waals surface area contributed by atoms with Gasteiger partial charge in [0.25, 0.3) is 0 Å². The Hall–Kier alpha value is -0.0800. The first-order valence-electron chi connectivity index (χ1n) is 4.75. The zero-order chi connectivity index (χ0) is 8.01. The van der Waals surface area contributed by atoms with Gasteiger partial charge in [0.2, 0.25) is 0 Å². The van der Waals surface area contributed by atoms with E-state index in [9.17, 15) is 0 Å². The van der Waals surface area contributed by atoms with Gasteiger partial charge in [-0.2, -0.15) is 0 Å². The summed E-state index contributed by atoms with van der Waals surface area (Å²) in [6.45, 7) is 9.42. The first-order valence-corrected chi connectivity index (χ1v) is 4.75. The Labute approximate surface area is 69.2 Å². The van der Waals surface area contributed by atoms with Crippen molar-refractivity contribution in [2.24, 2.45) is 0 Å². The number of hydrogen-bond donors (Lipinski definition) is 0. The maximum atomic E-state index is 2.64. The van der Waals surface area contributed by atoms with Crippen LogP contribution in [0.25, 0.3) is 0 Å². The van der Waals surface area contributed by atoms with E-state index in [1.54, 1.807) is 0 Å². The zero-order valence-electron chi connectivity index (χ0n) is 7.75. The van der Waals surface area contributed by atoms with E-state index < -0.39 is 0 Å². The summed E-state index contributed by atoms with van der Waals surface area (Å²) in [6, 6.07) is 1.63. The van der Waals surface area contributed by atoms with Crippen molar-refractivity contribution >= 4 is 0 Å². The second-order valence-electron chi connectivity index (χ2n) is 4.00. The molecule has 0 amide bonds. The molecule has 3 rings (SSSR count). The van der Waals surface area contributed by atoms with E-state index in [2.05, 4.69) is 30.6 Å². The fraction of sp³-hybridized carbons (Fsp3) is 1.00. The lowest BCUT2D eigenvalue weighted by atomic mass is 10.0. The first-order chi connectivity index (χ1) is 5.24. The number of nitrogens with zero attached hydrogens (tertiary/aromatic N) is 2. The van der Waals surface area contributed by atoms with Crippen molar-refractivity contribution in [3.05, 3.63) is 0 Å². The van der Waals surface area contributed by atoms with Crippen molar-refractivity contribution < 1.29 is 0 Å². The highest BCUT2D eigenvalue weighted by Crippen LogP contribution is 2.38. The van der Waals surface area contributed by atoms with Crippen LogP contribution >= 0.6 is 0 Å². The molecule has 3 fully saturated rings. The van der Waals surface area contributed by atoms with E-state index >= 15 is 0 Å². The Morgan fingerprint density at radius 2 is 2.18 bits per heavy atom. The largest absolute Gasteiger partial charge is 0.287 e. The monoisotopic (exact) mass is 154 g/mol. The maximum Gasteiger partial charge on any atom is 0.0643 e. The van der Waals surface area contributed by atoms with E-state index in [4.69, 9.17) is 0 Å². The summed E-state index contributed by atoms with van der Waals surface area (Å²) in [6.07, 6.45) is 2.22. The van der Waals surface area contributed by atoms with Crippen molar-refractivity contribution in [3.63, 3.8) is 0 Å². The molecule has 0 spiro atoms. The Morgan fingerprint density at radius 3 is 2.55 bits per heavy atom. The Morgan fingerprint density at radius 1 is 1.45 bits per heavy atom. The molecule has 2 nitrogen and oxygen atoms in total. The van der Waals surface area contributed by atoms with Gasteiger partial charge in [0.05, 0.1) is 6.17 Å². The molecule has 2 bridgehead atoms. The summed E-state index contributed by atoms with van der Waals surface area (Å²) >= 11 is 0. The molecule has 0 saturated carbocycles. The third kappa shape index (κ3) is 0.926. The molecule has 3 saturated heterocycles. The zero-order valence-corrected chi connectivity index (χ0v) is 7.75. The van der Waals surface area contributed by atoms with E-state index in [1.165, 1.54) is 19.5 Å². The summed E-state index contributed by atoms with van der Waals surface area (Å²) < 4.78 is 0. The quantitative estimate of drug-likeness (QED) is 0.588. The molecule has 64 valence electrons. The van der Waals surface area contributed by atoms with Gasteiger partial charge in [-0.05, 0) is 26.8 Å². The van der Waals surface area contributed by atoms with Gasteiger partial charge in [0.1, 0.15) is 0 Å². The summed E-state index contributed by atoms with van der Waals surface area (Å²) in [5, 5.41) is 0. The molecule has 3 aliphatic rings. The van der Waals surface area contributed by atoms with Gasteiger partial charge in [0, 0.05) is 18.6 Å². The standard InChI is InChI=1S/C9H18N2/c1-4-10-6-8-5-9(10)11(8)7(2)3/h7-9H,4-6H2,1-3H3. The van der Waals surface area contributed by atoms with Crippen LogP contribution in [0.15, 0.2) is 0 Å². The smallest absolute Gasteiger partial charge is 0.0643 e. The highest BCUT2D eigenvalue weighted by atomic mass is 15.5. The first kappa shape index (κ1) is 7.56. The van der Waals surface area contributed by atoms with Crippen molar-refractivity contribution in [2.45, 2.75) is 45.4 Å². The molecule has 3 heterocycles. The van der Waals surface area contributed by atoms with Gasteiger partial charge in [-0.25, -0.2) is 0 Å². The van der Waals surface area contributed by atoms with Crippen LogP contribution in [0.3, 0.4) is 0 Å². The number of fused-ring (bicyclic) bond motifs is 1. The molecular formula is C9H18N2. The fourth-order valence-corrected chi connectivity index (χ4v) is 2.60. The molecule has 0 radical (unpaired) electrons. The van der Waals surface area contributed by atoms with Crippen LogP contribution in [-0.4, -0.2) is 41.1 Å². The Kier molecular flexibility index (Phi) is 1.69. The average Bonchev–Trinajstić information content (AvgIpc) is 2.39. The molecular weight excluding hydrogens is 136 g/mol. The van der Waals surface area contributed by atoms with Crippen molar-refractivity contribution in [3.8, 4) is 0 Å². The molecule has 0 aromatic carbocycles. The Bertz CT molecular complexity index is 156. The fourth-order valence-electron chi connectivity index (χ4n) is 2.60. The lowest BCUT2D eigenvalue weighted by Crippen LogP contribution is -2.54. The molecule has 0 aromatic rings. The third-order valence-electron chi connectivity index (χ3n) is 3.12. The molecule has 2 unspecified atom stereocenters. The lowest BCUT2D eigenvalue weighted by Gasteiger charge is -2.43. The van der Waals surface area contributed by atoms with E-state index in [0.717, 1.165) is 18.2 Å². The second kappa shape index (κ2) is 2.46. The normalized spacial score (nSPS) is 38.2. The number of rotatable bonds is 2. The van der Waals surface area contributed by atoms with E-state index in [-0.39, 0.29) is 0 Å². The van der Waals surface area contributed by atoms with Crippen LogP contribution in [0, 0.1) is 0 Å². The third-order valence-corrected chi connectivity index (χ3v) is 3.12. The number of likely N-dealkylation sites (N-methyl/N-ethyl adjacent to an activating group) is 1. The van der Waals surface area contributed by atoms with Gasteiger partial charge in [0.15, 0.2) is 0 Å². The summed E-state index contributed by atoms with van der Waals surface area (Å²) in [4.78, 5) is 5.23. The molecule has 11 heavy (non-hydrogen) atoms. The molecule has 0 aromatic heterocycles. The molecule has 2 heteroatoms. The Balaban J connectivity index is 2.00. The highest BCUT2D eigenvalue weighted by molar-refractivity contribution is 5.02. The predicted octanol–water partition coefficient (Wildman–Crippen LogP) is 1.13. The highest BCUT2D eigenvalue weighted by Gasteiger charge is 2.49. The molecule has 0 N–H and O–H groups in total. The minimum absolute atomic E-state index is 0.746. The van der Waals surface area contributed by atoms with Crippen LogP contribution < -0.4 is 0 Å². The van der Waals surface area contributed by atoms with Crippen molar-refractivity contribution in [2.75, 3.05) is 13.1 Å². The van der Waals surface area contributed by atoms with E-state index in [1.807, 2.05) is 0 Å². The van der Waals surface area contributed by atoms with Crippen LogP contribution in [0.1, 0.15) is 27.2 Å². The average molecular weight is 154 g/mol.